The number of hydrogen-bond acceptors (Lipinski definition) is 6. The molecule has 0 fully saturated rings. The molecule has 108 valence electrons. The summed E-state index contributed by atoms with van der Waals surface area (Å²) in [5.41, 5.74) is 0. The predicted molar refractivity (Wildman–Crippen MR) is 96.6 cm³/mol. The Kier molecular flexibility index (Phi) is 29.1. The average molecular weight is 367 g/mol. The van der Waals surface area contributed by atoms with Crippen molar-refractivity contribution in [2.75, 3.05) is 13.2 Å². The maximum absolute atomic E-state index is 4.89. The second-order valence-electron chi connectivity index (χ2n) is 3.61. The Morgan fingerprint density at radius 2 is 1.11 bits per heavy atom. The molecule has 0 rings (SSSR count). The summed E-state index contributed by atoms with van der Waals surface area (Å²) in [7, 11) is 0. The van der Waals surface area contributed by atoms with Crippen LogP contribution in [-0.4, -0.2) is 59.7 Å². The molecule has 0 unspecified atom stereocenters. The molecule has 0 N–H and O–H groups in total. The monoisotopic (exact) mass is 366 g/mol. The third-order valence-electron chi connectivity index (χ3n) is 1.94. The van der Waals surface area contributed by atoms with Crippen LogP contribution >= 0.6 is 24.4 Å². The van der Waals surface area contributed by atoms with E-state index < -0.39 is 0 Å². The molecule has 0 bridgehead atoms. The summed E-state index contributed by atoms with van der Waals surface area (Å²) in [4.78, 5) is 0. The topological polar surface area (TPSA) is 18.5 Å². The van der Waals surface area contributed by atoms with Gasteiger partial charge in [0, 0.05) is 8.77 Å². The van der Waals surface area contributed by atoms with Crippen molar-refractivity contribution < 1.29 is 9.47 Å². The molecule has 0 saturated carbocycles. The number of rotatable bonds is 8. The normalized spacial score (nSPS) is 8.53. The first-order valence-electron chi connectivity index (χ1n) is 6.22. The summed E-state index contributed by atoms with van der Waals surface area (Å²) in [5, 5.41) is 0. The van der Waals surface area contributed by atoms with Gasteiger partial charge in [0.05, 0.1) is 13.2 Å². The van der Waals surface area contributed by atoms with Crippen molar-refractivity contribution in [3.05, 3.63) is 0 Å². The van der Waals surface area contributed by atoms with Crippen LogP contribution in [0.1, 0.15) is 52.4 Å². The van der Waals surface area contributed by atoms with Crippen molar-refractivity contribution in [2.24, 2.45) is 0 Å². The van der Waals surface area contributed by atoms with E-state index in [1.165, 1.54) is 25.7 Å². The van der Waals surface area contributed by atoms with E-state index >= 15 is 0 Å². The van der Waals surface area contributed by atoms with Gasteiger partial charge in [0.15, 0.2) is 0 Å². The first-order chi connectivity index (χ1) is 8.54. The summed E-state index contributed by atoms with van der Waals surface area (Å²) >= 11 is 18.2. The van der Waals surface area contributed by atoms with E-state index in [0.29, 0.717) is 13.2 Å². The number of ether oxygens (including phenoxy) is 2. The molecule has 2 nitrogen and oxygen atoms in total. The first-order valence-corrected chi connectivity index (χ1v) is 7.85. The third-order valence-corrected chi connectivity index (χ3v) is 2.41. The quantitative estimate of drug-likeness (QED) is 0.280. The van der Waals surface area contributed by atoms with Crippen molar-refractivity contribution in [3.63, 3.8) is 0 Å². The van der Waals surface area contributed by atoms with E-state index in [2.05, 4.69) is 63.5 Å². The van der Waals surface area contributed by atoms with Gasteiger partial charge < -0.3 is 59.2 Å². The Balaban J connectivity index is -0.000000256. The molecule has 0 spiro atoms. The molecule has 0 heterocycles. The fourth-order valence-corrected chi connectivity index (χ4v) is 1.35. The first kappa shape index (κ1) is 25.4. The molecule has 19 heavy (non-hydrogen) atoms. The fraction of sp³-hybridized carbons (Fsp3) is 0.833. The average Bonchev–Trinajstić information content (AvgIpc) is 2.31. The standard InChI is InChI=1S/2C6H12OS2.Ca/c2*1-2-3-4-5-7-6(8)9;/h2*2-5H2,1H3,(H,8,9);/q;;+2/p-2. The molecule has 0 radical (unpaired) electrons. The van der Waals surface area contributed by atoms with Gasteiger partial charge in [0.2, 0.25) is 0 Å². The van der Waals surface area contributed by atoms with E-state index in [4.69, 9.17) is 9.47 Å². The van der Waals surface area contributed by atoms with Crippen molar-refractivity contribution in [1.29, 1.82) is 0 Å². The smallest absolute Gasteiger partial charge is 0.514 e. The van der Waals surface area contributed by atoms with Crippen LogP contribution in [0.5, 0.6) is 0 Å². The Morgan fingerprint density at radius 1 is 0.789 bits per heavy atom. The molecule has 0 atom stereocenters. The van der Waals surface area contributed by atoms with Gasteiger partial charge in [-0.3, -0.25) is 0 Å². The zero-order valence-corrected chi connectivity index (χ0v) is 17.3. The van der Waals surface area contributed by atoms with Crippen LogP contribution in [-0.2, 0) is 34.7 Å². The molecule has 0 saturated heterocycles. The van der Waals surface area contributed by atoms with E-state index in [9.17, 15) is 0 Å². The van der Waals surface area contributed by atoms with Gasteiger partial charge in [0.1, 0.15) is 0 Å². The Hall–Kier alpha value is 1.48. The van der Waals surface area contributed by atoms with E-state index in [1.54, 1.807) is 0 Å². The number of thiocarbonyl (C=S) groups is 2. The fourth-order valence-electron chi connectivity index (χ4n) is 1.02. The molecule has 0 aliphatic rings. The summed E-state index contributed by atoms with van der Waals surface area (Å²) in [5.74, 6) is 0. The van der Waals surface area contributed by atoms with Crippen LogP contribution < -0.4 is 0 Å². The van der Waals surface area contributed by atoms with Crippen LogP contribution in [0.3, 0.4) is 0 Å². The largest absolute Gasteiger partial charge is 2.00 e. The second kappa shape index (κ2) is 21.8. The van der Waals surface area contributed by atoms with Crippen molar-refractivity contribution in [1.82, 2.24) is 0 Å². The Labute approximate surface area is 169 Å². The van der Waals surface area contributed by atoms with Gasteiger partial charge in [0.25, 0.3) is 0 Å². The van der Waals surface area contributed by atoms with Gasteiger partial charge in [-0.05, 0) is 12.8 Å². The predicted octanol–water partition coefficient (Wildman–Crippen LogP) is 3.67. The minimum atomic E-state index is 0. The van der Waals surface area contributed by atoms with Crippen LogP contribution in [0.25, 0.3) is 0 Å². The van der Waals surface area contributed by atoms with Gasteiger partial charge in [-0.2, -0.15) is 0 Å². The second-order valence-corrected chi connectivity index (χ2v) is 5.61. The van der Waals surface area contributed by atoms with Crippen molar-refractivity contribution in [3.8, 4) is 0 Å². The molecule has 0 aliphatic heterocycles. The maximum atomic E-state index is 4.89. The van der Waals surface area contributed by atoms with Crippen molar-refractivity contribution >= 4 is 96.2 Å². The van der Waals surface area contributed by atoms with Gasteiger partial charge in [-0.1, -0.05) is 39.5 Å². The molecule has 0 aliphatic carbocycles. The van der Waals surface area contributed by atoms with Crippen LogP contribution in [0.15, 0.2) is 0 Å². The third kappa shape index (κ3) is 32.8. The SMILES string of the molecule is CCCCCOC(=S)[S-].CCCCCOC(=S)[S-].[Ca+2]. The molecule has 0 aromatic heterocycles. The van der Waals surface area contributed by atoms with Gasteiger partial charge in [-0.25, -0.2) is 0 Å². The van der Waals surface area contributed by atoms with E-state index in [-0.39, 0.29) is 46.5 Å². The van der Waals surface area contributed by atoms with Crippen molar-refractivity contribution in [2.45, 2.75) is 52.4 Å². The summed E-state index contributed by atoms with van der Waals surface area (Å²) < 4.78 is 10.3. The van der Waals surface area contributed by atoms with E-state index in [1.807, 2.05) is 0 Å². The Bertz CT molecular complexity index is 194. The molecule has 0 aromatic carbocycles. The molecular weight excluding hydrogens is 344 g/mol. The minimum Gasteiger partial charge on any atom is -0.514 e. The molecule has 7 heteroatoms. The summed E-state index contributed by atoms with van der Waals surface area (Å²) in [6.45, 7) is 5.67. The number of hydrogen-bond donors (Lipinski definition) is 0. The zero-order valence-electron chi connectivity index (χ0n) is 11.8. The minimum absolute atomic E-state index is 0. The van der Waals surface area contributed by atoms with Gasteiger partial charge in [-0.15, -0.1) is 0 Å². The Morgan fingerprint density at radius 3 is 1.32 bits per heavy atom. The maximum Gasteiger partial charge on any atom is 2.00 e. The summed E-state index contributed by atoms with van der Waals surface area (Å²) in [6.07, 6.45) is 6.91. The number of unbranched alkanes of at least 4 members (excludes halogenated alkanes) is 4. The molecular formula is C12H22CaO2S4. The van der Waals surface area contributed by atoms with Crippen LogP contribution in [0.2, 0.25) is 0 Å². The van der Waals surface area contributed by atoms with E-state index in [0.717, 1.165) is 12.8 Å². The van der Waals surface area contributed by atoms with Crippen LogP contribution in [0, 0.1) is 0 Å². The zero-order chi connectivity index (χ0) is 14.2. The van der Waals surface area contributed by atoms with Gasteiger partial charge >= 0.3 is 37.7 Å². The summed E-state index contributed by atoms with van der Waals surface area (Å²) in [6, 6.07) is 0. The molecule has 0 aromatic rings. The molecule has 0 amide bonds. The van der Waals surface area contributed by atoms with Crippen LogP contribution in [0.4, 0.5) is 0 Å².